The molecule has 5 heteroatoms. The van der Waals surface area contributed by atoms with Crippen molar-refractivity contribution < 1.29 is 4.79 Å². The van der Waals surface area contributed by atoms with Gasteiger partial charge in [0.15, 0.2) is 0 Å². The zero-order valence-electron chi connectivity index (χ0n) is 16.5. The maximum absolute atomic E-state index is 12.9. The second kappa shape index (κ2) is 7.68. The van der Waals surface area contributed by atoms with E-state index in [0.29, 0.717) is 24.3 Å². The number of nitrogens with zero attached hydrogens (tertiary/aromatic N) is 4. The second-order valence-corrected chi connectivity index (χ2v) is 7.90. The molecule has 24 heavy (non-hydrogen) atoms. The molecule has 136 valence electrons. The van der Waals surface area contributed by atoms with Crippen molar-refractivity contribution >= 4 is 5.91 Å². The number of amides is 1. The molecule has 0 aromatic carbocycles. The molecule has 0 saturated carbocycles. The van der Waals surface area contributed by atoms with Gasteiger partial charge in [0, 0.05) is 36.9 Å². The Labute approximate surface area is 147 Å². The zero-order chi connectivity index (χ0) is 18.0. The number of likely N-dealkylation sites (tertiary alicyclic amines) is 1. The van der Waals surface area contributed by atoms with Gasteiger partial charge in [0.1, 0.15) is 0 Å². The van der Waals surface area contributed by atoms with E-state index >= 15 is 0 Å². The Kier molecular flexibility index (Phi) is 6.07. The van der Waals surface area contributed by atoms with E-state index < -0.39 is 0 Å². The molecule has 0 bridgehead atoms. The van der Waals surface area contributed by atoms with E-state index in [1.54, 1.807) is 0 Å². The number of likely N-dealkylation sites (N-methyl/N-ethyl adjacent to an activating group) is 1. The standard InChI is InChI=1S/C19H34N4O/c1-8-16-11-22(12-18(16)21(6)7)19(24)9-17-14(4)20-23(15(17)5)10-13(2)3/h13,16,18H,8-12H2,1-7H3/t16-,18-/m0/s1. The lowest BCUT2D eigenvalue weighted by Crippen LogP contribution is -2.36. The Morgan fingerprint density at radius 1 is 1.29 bits per heavy atom. The van der Waals surface area contributed by atoms with Crippen LogP contribution in [0.4, 0.5) is 0 Å². The first-order chi connectivity index (χ1) is 11.2. The van der Waals surface area contributed by atoms with Gasteiger partial charge >= 0.3 is 0 Å². The van der Waals surface area contributed by atoms with E-state index in [0.717, 1.165) is 43.0 Å². The fourth-order valence-corrected chi connectivity index (χ4v) is 3.82. The maximum Gasteiger partial charge on any atom is 0.227 e. The van der Waals surface area contributed by atoms with Crippen LogP contribution in [-0.2, 0) is 17.8 Å². The summed E-state index contributed by atoms with van der Waals surface area (Å²) in [5.41, 5.74) is 3.25. The number of aromatic nitrogens is 2. The number of carbonyl (C=O) groups excluding carboxylic acids is 1. The van der Waals surface area contributed by atoms with Gasteiger partial charge in [0.25, 0.3) is 0 Å². The molecule has 0 spiro atoms. The predicted molar refractivity (Wildman–Crippen MR) is 98.1 cm³/mol. The summed E-state index contributed by atoms with van der Waals surface area (Å²) in [6.07, 6.45) is 1.60. The molecule has 0 unspecified atom stereocenters. The van der Waals surface area contributed by atoms with E-state index in [1.165, 1.54) is 0 Å². The normalized spacial score (nSPS) is 21.3. The van der Waals surface area contributed by atoms with Crippen molar-refractivity contribution in [1.82, 2.24) is 19.6 Å². The molecule has 1 saturated heterocycles. The topological polar surface area (TPSA) is 41.4 Å². The molecule has 1 fully saturated rings. The number of hydrogen-bond acceptors (Lipinski definition) is 3. The lowest BCUT2D eigenvalue weighted by atomic mass is 10.0. The van der Waals surface area contributed by atoms with Gasteiger partial charge in [-0.05, 0) is 39.8 Å². The number of rotatable bonds is 6. The molecule has 1 aromatic rings. The molecule has 2 rings (SSSR count). The monoisotopic (exact) mass is 334 g/mol. The van der Waals surface area contributed by atoms with E-state index in [-0.39, 0.29) is 5.91 Å². The van der Waals surface area contributed by atoms with Gasteiger partial charge in [-0.1, -0.05) is 27.2 Å². The average molecular weight is 335 g/mol. The lowest BCUT2D eigenvalue weighted by Gasteiger charge is -2.23. The van der Waals surface area contributed by atoms with Crippen molar-refractivity contribution in [3.05, 3.63) is 17.0 Å². The Morgan fingerprint density at radius 2 is 1.96 bits per heavy atom. The van der Waals surface area contributed by atoms with Crippen molar-refractivity contribution in [1.29, 1.82) is 0 Å². The summed E-state index contributed by atoms with van der Waals surface area (Å²) >= 11 is 0. The predicted octanol–water partition coefficient (Wildman–Crippen LogP) is 2.50. The summed E-state index contributed by atoms with van der Waals surface area (Å²) in [5.74, 6) is 1.37. The molecular weight excluding hydrogens is 300 g/mol. The van der Waals surface area contributed by atoms with Gasteiger partial charge in [0.05, 0.1) is 12.1 Å². The van der Waals surface area contributed by atoms with Gasteiger partial charge in [-0.3, -0.25) is 9.48 Å². The Bertz CT molecular complexity index is 576. The quantitative estimate of drug-likeness (QED) is 0.803. The Morgan fingerprint density at radius 3 is 2.46 bits per heavy atom. The van der Waals surface area contributed by atoms with Crippen molar-refractivity contribution in [2.45, 2.75) is 60.0 Å². The first kappa shape index (κ1) is 19.0. The number of aryl methyl sites for hydroxylation is 1. The van der Waals surface area contributed by atoms with Crippen molar-refractivity contribution in [2.75, 3.05) is 27.2 Å². The van der Waals surface area contributed by atoms with Crippen LogP contribution in [0.2, 0.25) is 0 Å². The highest BCUT2D eigenvalue weighted by molar-refractivity contribution is 5.79. The van der Waals surface area contributed by atoms with Crippen LogP contribution in [0.15, 0.2) is 0 Å². The molecule has 1 aliphatic heterocycles. The van der Waals surface area contributed by atoms with E-state index in [4.69, 9.17) is 0 Å². The van der Waals surface area contributed by atoms with Gasteiger partial charge in [0.2, 0.25) is 5.91 Å². The molecule has 0 aliphatic carbocycles. The van der Waals surface area contributed by atoms with Crippen LogP contribution in [-0.4, -0.2) is 58.7 Å². The summed E-state index contributed by atoms with van der Waals surface area (Å²) in [4.78, 5) is 17.2. The Balaban J connectivity index is 2.09. The van der Waals surface area contributed by atoms with Crippen LogP contribution < -0.4 is 0 Å². The van der Waals surface area contributed by atoms with Crippen LogP contribution in [0.1, 0.15) is 44.1 Å². The van der Waals surface area contributed by atoms with Crippen molar-refractivity contribution in [3.8, 4) is 0 Å². The fourth-order valence-electron chi connectivity index (χ4n) is 3.82. The van der Waals surface area contributed by atoms with E-state index in [2.05, 4.69) is 61.4 Å². The van der Waals surface area contributed by atoms with Gasteiger partial charge in [-0.2, -0.15) is 5.10 Å². The summed E-state index contributed by atoms with van der Waals surface area (Å²) in [5, 5.41) is 4.64. The van der Waals surface area contributed by atoms with E-state index in [1.807, 2.05) is 6.92 Å². The molecule has 1 aromatic heterocycles. The molecule has 5 nitrogen and oxygen atoms in total. The van der Waals surface area contributed by atoms with Crippen molar-refractivity contribution in [2.24, 2.45) is 11.8 Å². The largest absolute Gasteiger partial charge is 0.340 e. The minimum absolute atomic E-state index is 0.244. The first-order valence-electron chi connectivity index (χ1n) is 9.21. The highest BCUT2D eigenvalue weighted by atomic mass is 16.2. The van der Waals surface area contributed by atoms with Crippen LogP contribution in [0.3, 0.4) is 0 Å². The van der Waals surface area contributed by atoms with Gasteiger partial charge in [-0.15, -0.1) is 0 Å². The summed E-state index contributed by atoms with van der Waals surface area (Å²) < 4.78 is 2.06. The smallest absolute Gasteiger partial charge is 0.227 e. The van der Waals surface area contributed by atoms with Crippen LogP contribution in [0.25, 0.3) is 0 Å². The molecule has 1 amide bonds. The van der Waals surface area contributed by atoms with Gasteiger partial charge < -0.3 is 9.80 Å². The van der Waals surface area contributed by atoms with Crippen molar-refractivity contribution in [3.63, 3.8) is 0 Å². The average Bonchev–Trinajstić information content (AvgIpc) is 3.04. The lowest BCUT2D eigenvalue weighted by molar-refractivity contribution is -0.129. The number of hydrogen-bond donors (Lipinski definition) is 0. The highest BCUT2D eigenvalue weighted by Crippen LogP contribution is 2.25. The molecular formula is C19H34N4O. The third-order valence-corrected chi connectivity index (χ3v) is 5.34. The second-order valence-electron chi connectivity index (χ2n) is 7.90. The molecule has 2 heterocycles. The summed E-state index contributed by atoms with van der Waals surface area (Å²) in [7, 11) is 4.23. The highest BCUT2D eigenvalue weighted by Gasteiger charge is 2.35. The SMILES string of the molecule is CC[C@H]1CN(C(=O)Cc2c(C)nn(CC(C)C)c2C)C[C@@H]1N(C)C. The van der Waals surface area contributed by atoms with Crippen LogP contribution >= 0.6 is 0 Å². The van der Waals surface area contributed by atoms with E-state index in [9.17, 15) is 4.79 Å². The fraction of sp³-hybridized carbons (Fsp3) is 0.789. The summed E-state index contributed by atoms with van der Waals surface area (Å²) in [6.45, 7) is 13.4. The molecule has 1 aliphatic rings. The molecule has 0 radical (unpaired) electrons. The third-order valence-electron chi connectivity index (χ3n) is 5.34. The van der Waals surface area contributed by atoms with Gasteiger partial charge in [-0.25, -0.2) is 0 Å². The third kappa shape index (κ3) is 4.00. The minimum atomic E-state index is 0.244. The number of carbonyl (C=O) groups is 1. The summed E-state index contributed by atoms with van der Waals surface area (Å²) in [6, 6.07) is 0.477. The Hall–Kier alpha value is -1.36. The zero-order valence-corrected chi connectivity index (χ0v) is 16.5. The van der Waals surface area contributed by atoms with Crippen LogP contribution in [0.5, 0.6) is 0 Å². The molecule has 0 N–H and O–H groups in total. The first-order valence-corrected chi connectivity index (χ1v) is 9.21. The maximum atomic E-state index is 12.9. The van der Waals surface area contributed by atoms with Crippen LogP contribution in [0, 0.1) is 25.7 Å². The molecule has 2 atom stereocenters. The minimum Gasteiger partial charge on any atom is -0.340 e.